The second-order valence-corrected chi connectivity index (χ2v) is 6.23. The molecule has 0 atom stereocenters. The van der Waals surface area contributed by atoms with Crippen LogP contribution in [0.3, 0.4) is 0 Å². The predicted octanol–water partition coefficient (Wildman–Crippen LogP) is 3.04. The Labute approximate surface area is 114 Å². The molecule has 1 saturated heterocycles. The molecule has 0 saturated carbocycles. The van der Waals surface area contributed by atoms with Crippen LogP contribution in [0.2, 0.25) is 0 Å². The fraction of sp³-hybridized carbons (Fsp3) is 0.467. The largest absolute Gasteiger partial charge is 0.495 e. The van der Waals surface area contributed by atoms with Gasteiger partial charge in [0.05, 0.1) is 17.5 Å². The van der Waals surface area contributed by atoms with Crippen molar-refractivity contribution in [1.82, 2.24) is 0 Å². The zero-order chi connectivity index (χ0) is 13.8. The smallest absolute Gasteiger partial charge is 0.464 e. The molecule has 100 valence electrons. The topological polar surface area (TPSA) is 31.6 Å². The Morgan fingerprint density at radius 3 is 2.26 bits per heavy atom. The third kappa shape index (κ3) is 1.82. The monoisotopic (exact) mass is 258 g/mol. The summed E-state index contributed by atoms with van der Waals surface area (Å²) in [7, 11) is -0.343. The van der Waals surface area contributed by atoms with Crippen LogP contribution >= 0.6 is 0 Å². The SMILES string of the molecule is Cc1coc2cccc(B3OC(C)(C)C(C)(C)O3)c12. The van der Waals surface area contributed by atoms with E-state index in [1.807, 2.05) is 25.1 Å². The van der Waals surface area contributed by atoms with Crippen LogP contribution in [0, 0.1) is 6.92 Å². The molecule has 0 spiro atoms. The van der Waals surface area contributed by atoms with Gasteiger partial charge in [-0.05, 0) is 51.7 Å². The van der Waals surface area contributed by atoms with Crippen molar-refractivity contribution in [2.75, 3.05) is 0 Å². The predicted molar refractivity (Wildman–Crippen MR) is 76.7 cm³/mol. The van der Waals surface area contributed by atoms with Gasteiger partial charge in [-0.2, -0.15) is 0 Å². The van der Waals surface area contributed by atoms with Gasteiger partial charge in [-0.15, -0.1) is 0 Å². The van der Waals surface area contributed by atoms with Gasteiger partial charge in [0.15, 0.2) is 0 Å². The average Bonchev–Trinajstić information content (AvgIpc) is 2.78. The van der Waals surface area contributed by atoms with Crippen LogP contribution in [-0.4, -0.2) is 18.3 Å². The molecular formula is C15H19BO3. The van der Waals surface area contributed by atoms with E-state index < -0.39 is 0 Å². The molecule has 1 aromatic heterocycles. The van der Waals surface area contributed by atoms with E-state index >= 15 is 0 Å². The molecule has 0 amide bonds. The molecule has 19 heavy (non-hydrogen) atoms. The standard InChI is InChI=1S/C15H19BO3/c1-10-9-17-12-8-6-7-11(13(10)12)16-18-14(2,3)15(4,5)19-16/h6-9H,1-5H3. The first kappa shape index (κ1) is 12.8. The summed E-state index contributed by atoms with van der Waals surface area (Å²) in [6, 6.07) is 6.00. The van der Waals surface area contributed by atoms with Gasteiger partial charge in [0.25, 0.3) is 0 Å². The Morgan fingerprint density at radius 1 is 1.00 bits per heavy atom. The maximum absolute atomic E-state index is 6.12. The summed E-state index contributed by atoms with van der Waals surface area (Å²) in [5, 5.41) is 1.10. The fourth-order valence-corrected chi connectivity index (χ4v) is 2.45. The molecule has 0 aliphatic carbocycles. The minimum atomic E-state index is -0.343. The van der Waals surface area contributed by atoms with Crippen molar-refractivity contribution in [2.45, 2.75) is 45.8 Å². The van der Waals surface area contributed by atoms with Gasteiger partial charge < -0.3 is 13.7 Å². The Hall–Kier alpha value is -1.26. The fourth-order valence-electron chi connectivity index (χ4n) is 2.45. The third-order valence-corrected chi connectivity index (χ3v) is 4.32. The van der Waals surface area contributed by atoms with Crippen molar-refractivity contribution < 1.29 is 13.7 Å². The molecule has 1 fully saturated rings. The van der Waals surface area contributed by atoms with E-state index in [0.717, 1.165) is 22.0 Å². The molecule has 2 heterocycles. The molecule has 0 radical (unpaired) electrons. The van der Waals surface area contributed by atoms with Crippen LogP contribution < -0.4 is 5.46 Å². The number of hydrogen-bond donors (Lipinski definition) is 0. The maximum atomic E-state index is 6.12. The normalized spacial score (nSPS) is 21.2. The summed E-state index contributed by atoms with van der Waals surface area (Å²) in [4.78, 5) is 0. The average molecular weight is 258 g/mol. The van der Waals surface area contributed by atoms with E-state index in [9.17, 15) is 0 Å². The van der Waals surface area contributed by atoms with Crippen LogP contribution in [0.1, 0.15) is 33.3 Å². The van der Waals surface area contributed by atoms with Crippen molar-refractivity contribution in [2.24, 2.45) is 0 Å². The minimum absolute atomic E-state index is 0.322. The van der Waals surface area contributed by atoms with Gasteiger partial charge in [0.1, 0.15) is 5.58 Å². The Bertz CT molecular complexity index is 611. The van der Waals surface area contributed by atoms with Crippen LogP contribution in [0.15, 0.2) is 28.9 Å². The van der Waals surface area contributed by atoms with Gasteiger partial charge in [0.2, 0.25) is 0 Å². The Morgan fingerprint density at radius 2 is 1.63 bits per heavy atom. The lowest BCUT2D eigenvalue weighted by Crippen LogP contribution is -2.41. The first-order valence-electron chi connectivity index (χ1n) is 6.64. The molecule has 1 aliphatic heterocycles. The third-order valence-electron chi connectivity index (χ3n) is 4.32. The van der Waals surface area contributed by atoms with Gasteiger partial charge in [0, 0.05) is 5.39 Å². The molecule has 3 rings (SSSR count). The number of hydrogen-bond acceptors (Lipinski definition) is 3. The minimum Gasteiger partial charge on any atom is -0.464 e. The van der Waals surface area contributed by atoms with Crippen molar-refractivity contribution in [3.05, 3.63) is 30.0 Å². The number of fused-ring (bicyclic) bond motifs is 1. The van der Waals surface area contributed by atoms with E-state index in [2.05, 4.69) is 27.7 Å². The molecule has 1 aromatic carbocycles. The highest BCUT2D eigenvalue weighted by Crippen LogP contribution is 2.37. The maximum Gasteiger partial charge on any atom is 0.495 e. The lowest BCUT2D eigenvalue weighted by atomic mass is 9.76. The molecular weight excluding hydrogens is 239 g/mol. The van der Waals surface area contributed by atoms with Crippen molar-refractivity contribution in [3.63, 3.8) is 0 Å². The van der Waals surface area contributed by atoms with E-state index in [1.54, 1.807) is 6.26 Å². The van der Waals surface area contributed by atoms with Crippen LogP contribution in [0.4, 0.5) is 0 Å². The van der Waals surface area contributed by atoms with Gasteiger partial charge in [-0.25, -0.2) is 0 Å². The first-order chi connectivity index (χ1) is 8.82. The van der Waals surface area contributed by atoms with Crippen molar-refractivity contribution in [1.29, 1.82) is 0 Å². The van der Waals surface area contributed by atoms with Crippen molar-refractivity contribution >= 4 is 23.6 Å². The zero-order valence-corrected chi connectivity index (χ0v) is 12.1. The van der Waals surface area contributed by atoms with E-state index in [4.69, 9.17) is 13.7 Å². The van der Waals surface area contributed by atoms with E-state index in [1.165, 1.54) is 0 Å². The summed E-state index contributed by atoms with van der Waals surface area (Å²) in [5.74, 6) is 0. The van der Waals surface area contributed by atoms with Crippen LogP contribution in [0.5, 0.6) is 0 Å². The quantitative estimate of drug-likeness (QED) is 0.737. The summed E-state index contributed by atoms with van der Waals surface area (Å²) < 4.78 is 17.8. The summed E-state index contributed by atoms with van der Waals surface area (Å²) >= 11 is 0. The summed E-state index contributed by atoms with van der Waals surface area (Å²) in [6.45, 7) is 10.3. The summed E-state index contributed by atoms with van der Waals surface area (Å²) in [5.41, 5.74) is 2.39. The van der Waals surface area contributed by atoms with Gasteiger partial charge in [-0.3, -0.25) is 0 Å². The van der Waals surface area contributed by atoms with Gasteiger partial charge in [-0.1, -0.05) is 12.1 Å². The second kappa shape index (κ2) is 3.87. The molecule has 0 N–H and O–H groups in total. The van der Waals surface area contributed by atoms with Crippen LogP contribution in [-0.2, 0) is 9.31 Å². The van der Waals surface area contributed by atoms with Crippen LogP contribution in [0.25, 0.3) is 11.0 Å². The van der Waals surface area contributed by atoms with E-state index in [0.29, 0.717) is 0 Å². The highest BCUT2D eigenvalue weighted by molar-refractivity contribution is 6.65. The second-order valence-electron chi connectivity index (χ2n) is 6.23. The molecule has 4 heteroatoms. The van der Waals surface area contributed by atoms with E-state index in [-0.39, 0.29) is 18.3 Å². The molecule has 3 nitrogen and oxygen atoms in total. The lowest BCUT2D eigenvalue weighted by molar-refractivity contribution is 0.00578. The molecule has 2 aromatic rings. The first-order valence-corrected chi connectivity index (χ1v) is 6.64. The number of furan rings is 1. The molecule has 0 unspecified atom stereocenters. The van der Waals surface area contributed by atoms with Crippen molar-refractivity contribution in [3.8, 4) is 0 Å². The number of aryl methyl sites for hydroxylation is 1. The number of benzene rings is 1. The Kier molecular flexibility index (Phi) is 2.60. The number of rotatable bonds is 1. The summed E-state index contributed by atoms with van der Waals surface area (Å²) in [6.07, 6.45) is 1.78. The molecule has 1 aliphatic rings. The highest BCUT2D eigenvalue weighted by atomic mass is 16.7. The zero-order valence-electron chi connectivity index (χ0n) is 12.1. The Balaban J connectivity index is 2.10. The van der Waals surface area contributed by atoms with Gasteiger partial charge >= 0.3 is 7.12 Å². The highest BCUT2D eigenvalue weighted by Gasteiger charge is 2.52. The lowest BCUT2D eigenvalue weighted by Gasteiger charge is -2.32. The molecule has 0 bridgehead atoms.